The monoisotopic (exact) mass is 943 g/mol. The van der Waals surface area contributed by atoms with Crippen molar-refractivity contribution < 1.29 is 25.8 Å². The number of pyridine rings is 3. The maximum Gasteiger partial charge on any atom is 0.534 e. The highest BCUT2D eigenvalue weighted by molar-refractivity contribution is 7.88. The summed E-state index contributed by atoms with van der Waals surface area (Å²) >= 11 is 0. The van der Waals surface area contributed by atoms with Gasteiger partial charge in [0.15, 0.2) is 5.75 Å². The summed E-state index contributed by atoms with van der Waals surface area (Å²) in [6.07, 6.45) is 6.49. The Labute approximate surface area is 404 Å². The molecule has 0 unspecified atom stereocenters. The number of benzene rings is 7. The third-order valence-electron chi connectivity index (χ3n) is 12.4. The first-order valence-electron chi connectivity index (χ1n) is 22.9. The molecule has 0 aliphatic rings. The molecule has 0 saturated carbocycles. The number of fused-ring (bicyclic) bond motifs is 1. The fourth-order valence-electron chi connectivity index (χ4n) is 8.81. The number of nitrogens with zero attached hydrogens (tertiary/aromatic N) is 3. The largest absolute Gasteiger partial charge is 0.534 e. The average Bonchev–Trinajstić information content (AvgIpc) is 3.40. The molecule has 10 heteroatoms. The molecule has 0 atom stereocenters. The normalized spacial score (nSPS) is 11.7. The Kier molecular flexibility index (Phi) is 12.9. The van der Waals surface area contributed by atoms with Crippen LogP contribution in [0.25, 0.3) is 78.1 Å². The predicted molar refractivity (Wildman–Crippen MR) is 273 cm³/mol. The lowest BCUT2D eigenvalue weighted by Crippen LogP contribution is -2.28. The third-order valence-corrected chi connectivity index (χ3v) is 13.3. The van der Waals surface area contributed by atoms with Crippen LogP contribution in [0.15, 0.2) is 219 Å². The van der Waals surface area contributed by atoms with Crippen LogP contribution in [-0.2, 0) is 35.8 Å². The van der Waals surface area contributed by atoms with Crippen molar-refractivity contribution in [3.8, 4) is 73.0 Å². The first kappa shape index (κ1) is 45.6. The van der Waals surface area contributed by atoms with Crippen LogP contribution in [0.2, 0.25) is 0 Å². The molecular weight excluding hydrogens is 900 g/mol. The summed E-state index contributed by atoms with van der Waals surface area (Å²) in [6.45, 7) is 0. The first-order chi connectivity index (χ1) is 34.0. The van der Waals surface area contributed by atoms with E-state index in [1.54, 1.807) is 36.7 Å². The van der Waals surface area contributed by atoms with Crippen LogP contribution in [0.4, 0.5) is 13.2 Å². The fraction of sp³-hybridized carbons (Fsp3) is 0.0833. The molecule has 0 N–H and O–H groups in total. The highest BCUT2D eigenvalue weighted by atomic mass is 32.2. The van der Waals surface area contributed by atoms with E-state index in [2.05, 4.69) is 76.7 Å². The minimum atomic E-state index is -6.09. The Bertz CT molecular complexity index is 3450. The zero-order valence-electron chi connectivity index (χ0n) is 37.7. The first-order valence-corrected chi connectivity index (χ1v) is 24.3. The van der Waals surface area contributed by atoms with E-state index in [-0.39, 0.29) is 5.56 Å². The van der Waals surface area contributed by atoms with Crippen LogP contribution < -0.4 is 4.18 Å². The van der Waals surface area contributed by atoms with Crippen LogP contribution in [-0.4, -0.2) is 28.9 Å². The van der Waals surface area contributed by atoms with Crippen molar-refractivity contribution in [2.24, 2.45) is 0 Å². The van der Waals surface area contributed by atoms with E-state index in [9.17, 15) is 21.6 Å². The minimum Gasteiger partial charge on any atom is -0.375 e. The van der Waals surface area contributed by atoms with E-state index >= 15 is 0 Å². The summed E-state index contributed by atoms with van der Waals surface area (Å²) in [4.78, 5) is 14.0. The predicted octanol–water partition coefficient (Wildman–Crippen LogP) is 14.8. The summed E-state index contributed by atoms with van der Waals surface area (Å²) in [6, 6.07) is 66.1. The Morgan fingerprint density at radius 3 is 1.53 bits per heavy atom. The molecule has 3 heterocycles. The van der Waals surface area contributed by atoms with Gasteiger partial charge in [-0.1, -0.05) is 164 Å². The SMILES string of the molecule is O=S(=O)(Oc1cc(-c2cc3ccccc3c(-c3ccccc3)n2)ccc1-c1ccccc1-c1cc(CCc2ccc(-c3ccccn3)cc2)cc(CCc2ccc(-c3ccccn3)cc2)c1)C(F)(F)F. The molecule has 10 rings (SSSR count). The Morgan fingerprint density at radius 2 is 0.943 bits per heavy atom. The second-order valence-electron chi connectivity index (χ2n) is 17.0. The van der Waals surface area contributed by atoms with E-state index in [0.29, 0.717) is 40.9 Å². The van der Waals surface area contributed by atoms with Crippen molar-refractivity contribution in [1.82, 2.24) is 15.0 Å². The van der Waals surface area contributed by atoms with Gasteiger partial charge in [0, 0.05) is 45.6 Å². The number of alkyl halides is 3. The van der Waals surface area contributed by atoms with Gasteiger partial charge in [0.05, 0.1) is 22.8 Å². The van der Waals surface area contributed by atoms with Crippen molar-refractivity contribution in [3.05, 3.63) is 241 Å². The fourth-order valence-corrected chi connectivity index (χ4v) is 9.28. The van der Waals surface area contributed by atoms with Crippen LogP contribution in [0, 0.1) is 0 Å². The van der Waals surface area contributed by atoms with E-state index in [1.807, 2.05) is 109 Å². The van der Waals surface area contributed by atoms with E-state index in [4.69, 9.17) is 9.17 Å². The molecule has 0 aliphatic carbocycles. The number of halogens is 3. The zero-order chi connectivity index (χ0) is 48.1. The van der Waals surface area contributed by atoms with Gasteiger partial charge in [-0.2, -0.15) is 21.6 Å². The van der Waals surface area contributed by atoms with Crippen molar-refractivity contribution in [2.75, 3.05) is 0 Å². The molecule has 0 radical (unpaired) electrons. The lowest BCUT2D eigenvalue weighted by Gasteiger charge is -2.18. The quantitative estimate of drug-likeness (QED) is 0.0798. The van der Waals surface area contributed by atoms with E-state index in [1.165, 1.54) is 6.07 Å². The highest BCUT2D eigenvalue weighted by Gasteiger charge is 2.49. The van der Waals surface area contributed by atoms with Gasteiger partial charge < -0.3 is 4.18 Å². The van der Waals surface area contributed by atoms with Crippen LogP contribution in [0.3, 0.4) is 0 Å². The van der Waals surface area contributed by atoms with E-state index in [0.717, 1.165) is 79.5 Å². The molecular formula is C60H44F3N3O3S. The number of aromatic nitrogens is 3. The molecule has 0 aliphatic heterocycles. The summed E-state index contributed by atoms with van der Waals surface area (Å²) < 4.78 is 73.5. The summed E-state index contributed by atoms with van der Waals surface area (Å²) in [7, 11) is -6.09. The van der Waals surface area contributed by atoms with Gasteiger partial charge in [-0.3, -0.25) is 9.97 Å². The molecule has 6 nitrogen and oxygen atoms in total. The molecule has 70 heavy (non-hydrogen) atoms. The van der Waals surface area contributed by atoms with Crippen LogP contribution in [0.5, 0.6) is 5.75 Å². The maximum absolute atomic E-state index is 14.2. The van der Waals surface area contributed by atoms with Crippen molar-refractivity contribution in [2.45, 2.75) is 31.2 Å². The topological polar surface area (TPSA) is 82.0 Å². The van der Waals surface area contributed by atoms with Gasteiger partial charge in [0.2, 0.25) is 0 Å². The second kappa shape index (κ2) is 19.8. The maximum atomic E-state index is 14.2. The van der Waals surface area contributed by atoms with Gasteiger partial charge in [0.1, 0.15) is 0 Å². The third kappa shape index (κ3) is 10.1. The molecule has 0 amide bonds. The zero-order valence-corrected chi connectivity index (χ0v) is 38.5. The smallest absolute Gasteiger partial charge is 0.375 e. The van der Waals surface area contributed by atoms with Gasteiger partial charge >= 0.3 is 15.6 Å². The summed E-state index contributed by atoms with van der Waals surface area (Å²) in [5.74, 6) is -0.474. The van der Waals surface area contributed by atoms with Gasteiger partial charge in [-0.15, -0.1) is 0 Å². The molecule has 7 aromatic carbocycles. The molecule has 0 spiro atoms. The molecule has 0 saturated heterocycles. The molecule has 344 valence electrons. The molecule has 10 aromatic rings. The standard InChI is InChI=1S/C60H44F3N3O3S/c61-60(62,63)70(67,68)69-58-40-49(57-39-48-14-4-5-16-52(48)59(66-57)47-12-2-1-3-13-47)32-33-54(58)53-17-7-6-15-51(53)50-37-43(22-20-41-24-28-45(29-25-41)55-18-8-10-34-64-55)36-44(38-50)23-21-42-26-30-46(31-27-42)56-19-9-11-35-65-56/h1-19,24-40H,20-23H2. The van der Waals surface area contributed by atoms with Crippen LogP contribution >= 0.6 is 0 Å². The van der Waals surface area contributed by atoms with Gasteiger partial charge in [0.25, 0.3) is 0 Å². The Balaban J connectivity index is 1.04. The second-order valence-corrected chi connectivity index (χ2v) is 18.6. The molecule has 0 fully saturated rings. The van der Waals surface area contributed by atoms with Crippen molar-refractivity contribution in [1.29, 1.82) is 0 Å². The van der Waals surface area contributed by atoms with Gasteiger partial charge in [-0.25, -0.2) is 4.98 Å². The number of rotatable bonds is 14. The minimum absolute atomic E-state index is 0.171. The molecule has 0 bridgehead atoms. The number of aryl methyl sites for hydroxylation is 4. The van der Waals surface area contributed by atoms with Gasteiger partial charge in [-0.05, 0) is 112 Å². The Hall–Kier alpha value is -8.21. The summed E-state index contributed by atoms with van der Waals surface area (Å²) in [5, 5.41) is 1.74. The van der Waals surface area contributed by atoms with Crippen molar-refractivity contribution in [3.63, 3.8) is 0 Å². The molecule has 3 aromatic heterocycles. The summed E-state index contributed by atoms with van der Waals surface area (Å²) in [5.41, 5.74) is 7.17. The number of hydrogen-bond donors (Lipinski definition) is 0. The van der Waals surface area contributed by atoms with E-state index < -0.39 is 21.4 Å². The number of hydrogen-bond acceptors (Lipinski definition) is 6. The lowest BCUT2D eigenvalue weighted by atomic mass is 9.89. The average molecular weight is 944 g/mol. The highest BCUT2D eigenvalue weighted by Crippen LogP contribution is 2.43. The lowest BCUT2D eigenvalue weighted by molar-refractivity contribution is -0.0499. The Morgan fingerprint density at radius 1 is 0.414 bits per heavy atom. The van der Waals surface area contributed by atoms with Crippen LogP contribution in [0.1, 0.15) is 22.3 Å². The van der Waals surface area contributed by atoms with Crippen molar-refractivity contribution >= 4 is 20.9 Å².